The van der Waals surface area contributed by atoms with Gasteiger partial charge in [-0.15, -0.1) is 0 Å². The molecule has 0 radical (unpaired) electrons. The standard InChI is InChI=1S/C19H32N2O3S/c1-3-4-5-6-7-8-9-10-11-16-20-19(22)21-25(23,24)18-14-12-17(2)13-15-18/h12-15H,3-11,16H2,1-2H3,(H2,20,21,22). The molecule has 1 rings (SSSR count). The molecule has 0 spiro atoms. The third kappa shape index (κ3) is 9.48. The third-order valence-electron chi connectivity index (χ3n) is 4.12. The quantitative estimate of drug-likeness (QED) is 0.533. The van der Waals surface area contributed by atoms with Crippen molar-refractivity contribution in [2.75, 3.05) is 6.54 Å². The Morgan fingerprint density at radius 1 is 0.880 bits per heavy atom. The van der Waals surface area contributed by atoms with E-state index in [9.17, 15) is 13.2 Å². The minimum atomic E-state index is -3.80. The van der Waals surface area contributed by atoms with E-state index in [0.717, 1.165) is 24.8 Å². The lowest BCUT2D eigenvalue weighted by atomic mass is 10.1. The van der Waals surface area contributed by atoms with Gasteiger partial charge in [-0.25, -0.2) is 17.9 Å². The highest BCUT2D eigenvalue weighted by Crippen LogP contribution is 2.10. The SMILES string of the molecule is CCCCCCCCCCCNC(=O)NS(=O)(=O)c1ccc(C)cc1. The first kappa shape index (κ1) is 21.5. The summed E-state index contributed by atoms with van der Waals surface area (Å²) in [5.41, 5.74) is 0.966. The summed E-state index contributed by atoms with van der Waals surface area (Å²) in [5, 5.41) is 2.61. The predicted octanol–water partition coefficient (Wildman–Crippen LogP) is 4.51. The average Bonchev–Trinajstić information content (AvgIpc) is 2.56. The fraction of sp³-hybridized carbons (Fsp3) is 0.632. The summed E-state index contributed by atoms with van der Waals surface area (Å²) < 4.78 is 26.2. The first-order valence-electron chi connectivity index (χ1n) is 9.33. The minimum absolute atomic E-state index is 0.0938. The van der Waals surface area contributed by atoms with E-state index in [0.29, 0.717) is 6.54 Å². The van der Waals surface area contributed by atoms with Crippen molar-refractivity contribution in [3.63, 3.8) is 0 Å². The van der Waals surface area contributed by atoms with Crippen LogP contribution in [0.2, 0.25) is 0 Å². The molecule has 0 saturated heterocycles. The summed E-state index contributed by atoms with van der Waals surface area (Å²) in [5.74, 6) is 0. The second-order valence-electron chi connectivity index (χ2n) is 6.50. The van der Waals surface area contributed by atoms with Crippen LogP contribution in [-0.4, -0.2) is 21.0 Å². The fourth-order valence-corrected chi connectivity index (χ4v) is 3.50. The van der Waals surface area contributed by atoms with Crippen molar-refractivity contribution in [3.05, 3.63) is 29.8 Å². The van der Waals surface area contributed by atoms with Gasteiger partial charge in [0.25, 0.3) is 10.0 Å². The minimum Gasteiger partial charge on any atom is -0.337 e. The van der Waals surface area contributed by atoms with E-state index >= 15 is 0 Å². The fourth-order valence-electron chi connectivity index (χ4n) is 2.57. The first-order chi connectivity index (χ1) is 12.0. The number of carbonyl (C=O) groups excluding carboxylic acids is 1. The maximum Gasteiger partial charge on any atom is 0.328 e. The van der Waals surface area contributed by atoms with Crippen LogP contribution in [0.15, 0.2) is 29.2 Å². The van der Waals surface area contributed by atoms with Crippen LogP contribution < -0.4 is 10.0 Å². The Kier molecular flexibility index (Phi) is 10.2. The Bertz CT molecular complexity index is 598. The topological polar surface area (TPSA) is 75.3 Å². The average molecular weight is 369 g/mol. The van der Waals surface area contributed by atoms with E-state index in [1.165, 1.54) is 50.7 Å². The molecule has 1 aromatic carbocycles. The lowest BCUT2D eigenvalue weighted by molar-refractivity contribution is 0.245. The highest BCUT2D eigenvalue weighted by Gasteiger charge is 2.16. The number of benzene rings is 1. The van der Waals surface area contributed by atoms with E-state index in [1.54, 1.807) is 12.1 Å². The molecule has 0 bridgehead atoms. The Morgan fingerprint density at radius 3 is 1.96 bits per heavy atom. The zero-order valence-corrected chi connectivity index (χ0v) is 16.3. The summed E-state index contributed by atoms with van der Waals surface area (Å²) in [4.78, 5) is 11.8. The molecule has 6 heteroatoms. The zero-order chi connectivity index (χ0) is 18.5. The number of unbranched alkanes of at least 4 members (excludes halogenated alkanes) is 8. The maximum atomic E-state index is 12.1. The number of sulfonamides is 1. The predicted molar refractivity (Wildman–Crippen MR) is 102 cm³/mol. The number of amides is 2. The van der Waals surface area contributed by atoms with Crippen molar-refractivity contribution in [2.45, 2.75) is 76.5 Å². The molecule has 1 aromatic rings. The Morgan fingerprint density at radius 2 is 1.40 bits per heavy atom. The molecule has 2 amide bonds. The van der Waals surface area contributed by atoms with E-state index in [2.05, 4.69) is 12.2 Å². The van der Waals surface area contributed by atoms with E-state index in [-0.39, 0.29) is 4.90 Å². The number of carbonyl (C=O) groups is 1. The molecule has 142 valence electrons. The van der Waals surface area contributed by atoms with E-state index in [1.807, 2.05) is 11.6 Å². The number of aryl methyl sites for hydroxylation is 1. The molecule has 0 heterocycles. The molecule has 0 aliphatic rings. The summed E-state index contributed by atoms with van der Waals surface area (Å²) in [6, 6.07) is 5.72. The molecule has 0 aromatic heterocycles. The summed E-state index contributed by atoms with van der Waals surface area (Å²) in [6.45, 7) is 4.59. The van der Waals surface area contributed by atoms with Gasteiger partial charge in [-0.2, -0.15) is 0 Å². The lowest BCUT2D eigenvalue weighted by Gasteiger charge is -2.09. The number of nitrogens with one attached hydrogen (secondary N) is 2. The van der Waals surface area contributed by atoms with Crippen LogP contribution in [0.1, 0.15) is 70.3 Å². The second kappa shape index (κ2) is 11.9. The number of hydrogen-bond donors (Lipinski definition) is 2. The Labute approximate surface area is 152 Å². The van der Waals surface area contributed by atoms with Crippen LogP contribution in [-0.2, 0) is 10.0 Å². The molecule has 0 unspecified atom stereocenters. The second-order valence-corrected chi connectivity index (χ2v) is 8.19. The normalized spacial score (nSPS) is 11.3. The van der Waals surface area contributed by atoms with Gasteiger partial charge in [0.15, 0.2) is 0 Å². The molecule has 0 saturated carbocycles. The monoisotopic (exact) mass is 368 g/mol. The number of urea groups is 1. The van der Waals surface area contributed by atoms with Crippen molar-refractivity contribution < 1.29 is 13.2 Å². The van der Waals surface area contributed by atoms with Crippen LogP contribution in [0.3, 0.4) is 0 Å². The number of hydrogen-bond acceptors (Lipinski definition) is 3. The molecule has 5 nitrogen and oxygen atoms in total. The van der Waals surface area contributed by atoms with Gasteiger partial charge < -0.3 is 5.32 Å². The van der Waals surface area contributed by atoms with Crippen LogP contribution in [0.25, 0.3) is 0 Å². The van der Waals surface area contributed by atoms with Gasteiger partial charge in [-0.3, -0.25) is 0 Å². The van der Waals surface area contributed by atoms with Crippen LogP contribution in [0, 0.1) is 6.92 Å². The summed E-state index contributed by atoms with van der Waals surface area (Å²) >= 11 is 0. The Hall–Kier alpha value is -1.56. The zero-order valence-electron chi connectivity index (χ0n) is 15.5. The molecular formula is C19H32N2O3S. The van der Waals surface area contributed by atoms with Crippen molar-refractivity contribution in [3.8, 4) is 0 Å². The molecule has 0 aliphatic carbocycles. The first-order valence-corrected chi connectivity index (χ1v) is 10.8. The van der Waals surface area contributed by atoms with Crippen molar-refractivity contribution >= 4 is 16.1 Å². The van der Waals surface area contributed by atoms with E-state index < -0.39 is 16.1 Å². The maximum absolute atomic E-state index is 12.1. The lowest BCUT2D eigenvalue weighted by Crippen LogP contribution is -2.39. The van der Waals surface area contributed by atoms with Gasteiger partial charge in [0.05, 0.1) is 4.90 Å². The summed E-state index contributed by atoms with van der Waals surface area (Å²) in [7, 11) is -3.80. The van der Waals surface area contributed by atoms with Crippen LogP contribution >= 0.6 is 0 Å². The molecule has 25 heavy (non-hydrogen) atoms. The van der Waals surface area contributed by atoms with Gasteiger partial charge in [-0.05, 0) is 25.5 Å². The van der Waals surface area contributed by atoms with Crippen molar-refractivity contribution in [1.82, 2.24) is 10.0 Å². The third-order valence-corrected chi connectivity index (χ3v) is 5.47. The van der Waals surface area contributed by atoms with E-state index in [4.69, 9.17) is 0 Å². The van der Waals surface area contributed by atoms with Gasteiger partial charge in [0.1, 0.15) is 0 Å². The van der Waals surface area contributed by atoms with Crippen molar-refractivity contribution in [2.24, 2.45) is 0 Å². The smallest absolute Gasteiger partial charge is 0.328 e. The molecular weight excluding hydrogens is 336 g/mol. The molecule has 0 atom stereocenters. The van der Waals surface area contributed by atoms with Gasteiger partial charge in [-0.1, -0.05) is 76.0 Å². The molecule has 2 N–H and O–H groups in total. The molecule has 0 fully saturated rings. The summed E-state index contributed by atoms with van der Waals surface area (Å²) in [6.07, 6.45) is 10.8. The van der Waals surface area contributed by atoms with Gasteiger partial charge in [0, 0.05) is 6.54 Å². The van der Waals surface area contributed by atoms with Crippen molar-refractivity contribution in [1.29, 1.82) is 0 Å². The number of rotatable bonds is 12. The van der Waals surface area contributed by atoms with Crippen LogP contribution in [0.5, 0.6) is 0 Å². The van der Waals surface area contributed by atoms with Gasteiger partial charge in [0.2, 0.25) is 0 Å². The van der Waals surface area contributed by atoms with Gasteiger partial charge >= 0.3 is 6.03 Å². The highest BCUT2D eigenvalue weighted by atomic mass is 32.2. The largest absolute Gasteiger partial charge is 0.337 e. The Balaban J connectivity index is 2.13. The highest BCUT2D eigenvalue weighted by molar-refractivity contribution is 7.90. The molecule has 0 aliphatic heterocycles. The van der Waals surface area contributed by atoms with Crippen LogP contribution in [0.4, 0.5) is 4.79 Å².